The van der Waals surface area contributed by atoms with Gasteiger partial charge in [-0.05, 0) is 31.2 Å². The Balaban J connectivity index is 1.90. The van der Waals surface area contributed by atoms with E-state index >= 15 is 0 Å². The smallest absolute Gasteiger partial charge is 0.240 e. The second-order valence-corrected chi connectivity index (χ2v) is 6.24. The van der Waals surface area contributed by atoms with Crippen molar-refractivity contribution in [2.75, 3.05) is 11.9 Å². The second-order valence-electron chi connectivity index (χ2n) is 4.13. The molecule has 1 aliphatic heterocycles. The summed E-state index contributed by atoms with van der Waals surface area (Å²) < 4.78 is 0.946. The molecule has 20 heavy (non-hydrogen) atoms. The Morgan fingerprint density at radius 1 is 1.45 bits per heavy atom. The zero-order valence-corrected chi connectivity index (χ0v) is 13.3. The van der Waals surface area contributed by atoms with E-state index in [1.165, 1.54) is 11.8 Å². The molecule has 1 aromatic rings. The zero-order chi connectivity index (χ0) is 14.5. The molecule has 1 atom stereocenters. The molecule has 1 aliphatic rings. The maximum atomic E-state index is 11.9. The first-order valence-electron chi connectivity index (χ1n) is 6.16. The van der Waals surface area contributed by atoms with Crippen LogP contribution in [-0.2, 0) is 9.59 Å². The fourth-order valence-electron chi connectivity index (χ4n) is 1.67. The molecule has 106 valence electrons. The number of thioether (sulfide) groups is 1. The van der Waals surface area contributed by atoms with Crippen LogP contribution in [0, 0.1) is 0 Å². The number of carbonyl (C=O) groups is 2. The van der Waals surface area contributed by atoms with E-state index in [0.29, 0.717) is 17.4 Å². The highest BCUT2D eigenvalue weighted by molar-refractivity contribution is 9.10. The van der Waals surface area contributed by atoms with Gasteiger partial charge in [-0.1, -0.05) is 27.7 Å². The molecule has 7 heteroatoms. The van der Waals surface area contributed by atoms with Crippen molar-refractivity contribution in [1.82, 2.24) is 5.32 Å². The molecule has 1 aromatic carbocycles. The van der Waals surface area contributed by atoms with Gasteiger partial charge < -0.3 is 10.6 Å². The predicted octanol–water partition coefficient (Wildman–Crippen LogP) is 2.39. The first-order valence-corrected chi connectivity index (χ1v) is 7.83. The summed E-state index contributed by atoms with van der Waals surface area (Å²) in [6.45, 7) is 2.51. The number of benzene rings is 1. The van der Waals surface area contributed by atoms with Gasteiger partial charge in [-0.2, -0.15) is 0 Å². The minimum atomic E-state index is -0.407. The molecule has 0 saturated carbocycles. The number of anilines is 1. The van der Waals surface area contributed by atoms with Gasteiger partial charge in [0.05, 0.1) is 0 Å². The number of carbonyl (C=O) groups excluding carboxylic acids is 2. The number of amides is 2. The summed E-state index contributed by atoms with van der Waals surface area (Å²) in [6.07, 6.45) is 0.134. The first kappa shape index (κ1) is 15.1. The molecule has 2 rings (SSSR count). The average Bonchev–Trinajstić information content (AvgIpc) is 2.73. The summed E-state index contributed by atoms with van der Waals surface area (Å²) in [6, 6.07) is 7.29. The van der Waals surface area contributed by atoms with Crippen molar-refractivity contribution in [3.05, 3.63) is 28.7 Å². The van der Waals surface area contributed by atoms with E-state index in [1.807, 2.05) is 19.1 Å². The van der Waals surface area contributed by atoms with Crippen LogP contribution in [-0.4, -0.2) is 28.8 Å². The van der Waals surface area contributed by atoms with E-state index in [0.717, 1.165) is 4.47 Å². The van der Waals surface area contributed by atoms with E-state index in [9.17, 15) is 9.59 Å². The topological polar surface area (TPSA) is 70.6 Å². The Morgan fingerprint density at radius 3 is 2.80 bits per heavy atom. The molecule has 1 fully saturated rings. The fourth-order valence-corrected chi connectivity index (χ4v) is 2.97. The summed E-state index contributed by atoms with van der Waals surface area (Å²) in [5, 5.41) is 5.63. The van der Waals surface area contributed by atoms with Crippen LogP contribution in [0.3, 0.4) is 0 Å². The monoisotopic (exact) mass is 355 g/mol. The van der Waals surface area contributed by atoms with Gasteiger partial charge in [0.1, 0.15) is 5.25 Å². The Hall–Kier alpha value is -1.34. The molecule has 0 radical (unpaired) electrons. The highest BCUT2D eigenvalue weighted by Crippen LogP contribution is 2.23. The van der Waals surface area contributed by atoms with Crippen LogP contribution in [0.15, 0.2) is 33.7 Å². The predicted molar refractivity (Wildman–Crippen MR) is 84.9 cm³/mol. The maximum absolute atomic E-state index is 11.9. The maximum Gasteiger partial charge on any atom is 0.240 e. The number of rotatable bonds is 4. The molecule has 1 saturated heterocycles. The molecular formula is C13H14BrN3O2S. The minimum absolute atomic E-state index is 0.134. The lowest BCUT2D eigenvalue weighted by atomic mass is 10.2. The van der Waals surface area contributed by atoms with Crippen LogP contribution >= 0.6 is 27.7 Å². The van der Waals surface area contributed by atoms with Gasteiger partial charge in [-0.15, -0.1) is 0 Å². The lowest BCUT2D eigenvalue weighted by Crippen LogP contribution is -2.28. The molecule has 5 nitrogen and oxygen atoms in total. The molecule has 2 amide bonds. The van der Waals surface area contributed by atoms with Gasteiger partial charge in [0.15, 0.2) is 5.17 Å². The normalized spacial score (nSPS) is 20.0. The lowest BCUT2D eigenvalue weighted by molar-refractivity contribution is -0.122. The Labute approximate surface area is 129 Å². The number of amidine groups is 1. The van der Waals surface area contributed by atoms with E-state index in [-0.39, 0.29) is 18.2 Å². The van der Waals surface area contributed by atoms with Crippen molar-refractivity contribution in [2.45, 2.75) is 18.6 Å². The molecule has 2 N–H and O–H groups in total. The highest BCUT2D eigenvalue weighted by Gasteiger charge is 2.31. The molecule has 1 heterocycles. The minimum Gasteiger partial charge on any atom is -0.326 e. The molecule has 0 aromatic heterocycles. The number of hydrogen-bond acceptors (Lipinski definition) is 4. The van der Waals surface area contributed by atoms with E-state index in [4.69, 9.17) is 0 Å². The number of hydrogen-bond donors (Lipinski definition) is 2. The van der Waals surface area contributed by atoms with E-state index < -0.39 is 5.25 Å². The first-order chi connectivity index (χ1) is 9.58. The summed E-state index contributed by atoms with van der Waals surface area (Å²) in [7, 11) is 0. The van der Waals surface area contributed by atoms with E-state index in [1.54, 1.807) is 12.1 Å². The number of halogens is 1. The van der Waals surface area contributed by atoms with Gasteiger partial charge in [-0.25, -0.2) is 0 Å². The Kier molecular flexibility index (Phi) is 5.19. The third-order valence-electron chi connectivity index (χ3n) is 2.58. The summed E-state index contributed by atoms with van der Waals surface area (Å²) in [4.78, 5) is 27.7. The standard InChI is InChI=1S/C13H14BrN3O2S/c1-2-15-13-17-12(19)10(20-13)7-11(18)16-9-5-3-8(14)4-6-9/h3-6,10H,2,7H2,1H3,(H,16,18)(H,15,17,19)/t10-/m0/s1. The van der Waals surface area contributed by atoms with Gasteiger partial charge >= 0.3 is 0 Å². The van der Waals surface area contributed by atoms with Crippen LogP contribution in [0.25, 0.3) is 0 Å². The summed E-state index contributed by atoms with van der Waals surface area (Å²) in [5.74, 6) is -0.342. The summed E-state index contributed by atoms with van der Waals surface area (Å²) >= 11 is 4.64. The van der Waals surface area contributed by atoms with Crippen molar-refractivity contribution in [3.63, 3.8) is 0 Å². The third-order valence-corrected chi connectivity index (χ3v) is 4.23. The molecule has 0 unspecified atom stereocenters. The molecule has 0 spiro atoms. The molecule has 0 aliphatic carbocycles. The number of nitrogens with zero attached hydrogens (tertiary/aromatic N) is 1. The molecular weight excluding hydrogens is 342 g/mol. The second kappa shape index (κ2) is 6.90. The average molecular weight is 356 g/mol. The van der Waals surface area contributed by atoms with Gasteiger partial charge in [0.25, 0.3) is 0 Å². The third kappa shape index (κ3) is 4.08. The van der Waals surface area contributed by atoms with Crippen molar-refractivity contribution in [1.29, 1.82) is 0 Å². The molecule has 0 bridgehead atoms. The fraction of sp³-hybridized carbons (Fsp3) is 0.308. The Morgan fingerprint density at radius 2 is 2.15 bits per heavy atom. The highest BCUT2D eigenvalue weighted by atomic mass is 79.9. The quantitative estimate of drug-likeness (QED) is 0.870. The van der Waals surface area contributed by atoms with Gasteiger partial charge in [-0.3, -0.25) is 14.6 Å². The van der Waals surface area contributed by atoms with Crippen LogP contribution < -0.4 is 10.6 Å². The van der Waals surface area contributed by atoms with Gasteiger partial charge in [0, 0.05) is 23.1 Å². The van der Waals surface area contributed by atoms with Crippen molar-refractivity contribution < 1.29 is 9.59 Å². The van der Waals surface area contributed by atoms with Crippen molar-refractivity contribution in [2.24, 2.45) is 4.99 Å². The lowest BCUT2D eigenvalue weighted by Gasteiger charge is -2.07. The van der Waals surface area contributed by atoms with Crippen molar-refractivity contribution in [3.8, 4) is 0 Å². The van der Waals surface area contributed by atoms with E-state index in [2.05, 4.69) is 31.6 Å². The van der Waals surface area contributed by atoms with Gasteiger partial charge in [0.2, 0.25) is 11.8 Å². The SMILES string of the molecule is CCN=C1NC(=O)[C@H](CC(=O)Nc2ccc(Br)cc2)S1. The van der Waals surface area contributed by atoms with Crippen LogP contribution in [0.1, 0.15) is 13.3 Å². The Bertz CT molecular complexity index is 545. The van der Waals surface area contributed by atoms with Crippen LogP contribution in [0.4, 0.5) is 5.69 Å². The van der Waals surface area contributed by atoms with Crippen molar-refractivity contribution >= 4 is 50.4 Å². The van der Waals surface area contributed by atoms with Crippen LogP contribution in [0.5, 0.6) is 0 Å². The zero-order valence-electron chi connectivity index (χ0n) is 10.9. The number of nitrogens with one attached hydrogen (secondary N) is 2. The number of aliphatic imine (C=N–C) groups is 1. The summed E-state index contributed by atoms with van der Waals surface area (Å²) in [5.41, 5.74) is 0.712. The van der Waals surface area contributed by atoms with Crippen LogP contribution in [0.2, 0.25) is 0 Å². The largest absolute Gasteiger partial charge is 0.326 e.